The van der Waals surface area contributed by atoms with Crippen LogP contribution in [0.4, 0.5) is 13.2 Å². The second kappa shape index (κ2) is 9.66. The van der Waals surface area contributed by atoms with E-state index in [-0.39, 0.29) is 12.1 Å². The number of nitrogens with zero attached hydrogens (tertiary/aromatic N) is 1. The molecule has 4 heteroatoms. The maximum absolute atomic E-state index is 12.8. The molecule has 0 saturated carbocycles. The summed E-state index contributed by atoms with van der Waals surface area (Å²) >= 11 is 0. The van der Waals surface area contributed by atoms with Crippen LogP contribution in [0.25, 0.3) is 0 Å². The fourth-order valence-electron chi connectivity index (χ4n) is 1.65. The van der Waals surface area contributed by atoms with Crippen LogP contribution in [-0.2, 0) is 12.7 Å². The number of hydrogen-bond donors (Lipinski definition) is 0. The minimum absolute atomic E-state index is 0.209. The smallest absolute Gasteiger partial charge is 0.376 e. The summed E-state index contributed by atoms with van der Waals surface area (Å²) in [7, 11) is 1.74. The molecule has 0 bridgehead atoms. The third kappa shape index (κ3) is 7.53. The van der Waals surface area contributed by atoms with E-state index < -0.39 is 11.7 Å². The molecule has 0 aliphatic rings. The topological polar surface area (TPSA) is 3.24 Å². The number of allylic oxidation sites excluding steroid dienone is 4. The van der Waals surface area contributed by atoms with Crippen LogP contribution in [0.1, 0.15) is 18.1 Å². The van der Waals surface area contributed by atoms with Gasteiger partial charge in [-0.1, -0.05) is 56.2 Å². The molecule has 0 fully saturated rings. The fraction of sp³-hybridized carbons (Fsp3) is 0.222. The molecule has 1 rings (SSSR count). The SMILES string of the molecule is C=C/C(C)=C\N(C)Cc1ccccc1C(F)(F)F.C=CC=C. The molecular weight excluding hydrogens is 287 g/mol. The van der Waals surface area contributed by atoms with Crippen molar-refractivity contribution >= 4 is 0 Å². The van der Waals surface area contributed by atoms with E-state index in [1.165, 1.54) is 12.1 Å². The summed E-state index contributed by atoms with van der Waals surface area (Å²) < 4.78 is 38.3. The van der Waals surface area contributed by atoms with Gasteiger partial charge in [-0.15, -0.1) is 0 Å². The molecule has 0 aliphatic carbocycles. The summed E-state index contributed by atoms with van der Waals surface area (Å²) in [5, 5.41) is 0. The van der Waals surface area contributed by atoms with E-state index in [9.17, 15) is 13.2 Å². The van der Waals surface area contributed by atoms with Crippen LogP contribution in [0.15, 0.2) is 74.0 Å². The van der Waals surface area contributed by atoms with E-state index in [1.807, 2.05) is 6.92 Å². The van der Waals surface area contributed by atoms with Crippen molar-refractivity contribution in [3.8, 4) is 0 Å². The minimum atomic E-state index is -4.31. The molecule has 1 aromatic carbocycles. The van der Waals surface area contributed by atoms with Crippen LogP contribution in [-0.4, -0.2) is 11.9 Å². The van der Waals surface area contributed by atoms with Gasteiger partial charge in [0.05, 0.1) is 5.56 Å². The molecular formula is C18H22F3N. The average molecular weight is 309 g/mol. The first-order valence-electron chi connectivity index (χ1n) is 6.65. The molecule has 120 valence electrons. The monoisotopic (exact) mass is 309 g/mol. The van der Waals surface area contributed by atoms with Crippen LogP contribution < -0.4 is 0 Å². The van der Waals surface area contributed by atoms with Gasteiger partial charge in [-0.05, 0) is 24.1 Å². The lowest BCUT2D eigenvalue weighted by molar-refractivity contribution is -0.138. The lowest BCUT2D eigenvalue weighted by atomic mass is 10.1. The maximum atomic E-state index is 12.8. The Bertz CT molecular complexity index is 521. The summed E-state index contributed by atoms with van der Waals surface area (Å²) in [6.07, 6.45) is 2.39. The van der Waals surface area contributed by atoms with Gasteiger partial charge in [-0.25, -0.2) is 0 Å². The Hall–Kier alpha value is -2.23. The van der Waals surface area contributed by atoms with Crippen LogP contribution in [0, 0.1) is 0 Å². The third-order valence-corrected chi connectivity index (χ3v) is 2.66. The van der Waals surface area contributed by atoms with Crippen molar-refractivity contribution in [3.63, 3.8) is 0 Å². The first-order valence-corrected chi connectivity index (χ1v) is 6.65. The zero-order valence-electron chi connectivity index (χ0n) is 13.0. The molecule has 1 aromatic rings. The van der Waals surface area contributed by atoms with E-state index in [1.54, 1.807) is 42.4 Å². The van der Waals surface area contributed by atoms with E-state index in [0.717, 1.165) is 11.6 Å². The first kappa shape index (κ1) is 19.8. The van der Waals surface area contributed by atoms with Crippen molar-refractivity contribution in [3.05, 3.63) is 85.1 Å². The van der Waals surface area contributed by atoms with Crippen molar-refractivity contribution < 1.29 is 13.2 Å². The van der Waals surface area contributed by atoms with E-state index in [0.29, 0.717) is 0 Å². The second-order valence-electron chi connectivity index (χ2n) is 4.62. The van der Waals surface area contributed by atoms with Gasteiger partial charge in [0, 0.05) is 19.8 Å². The molecule has 0 spiro atoms. The number of halogens is 3. The largest absolute Gasteiger partial charge is 0.416 e. The first-order chi connectivity index (χ1) is 10.3. The van der Waals surface area contributed by atoms with Crippen LogP contribution in [0.2, 0.25) is 0 Å². The standard InChI is InChI=1S/C14H16F3N.C4H6/c1-4-11(2)9-18(3)10-12-7-5-6-8-13(12)14(15,16)17;1-3-4-2/h4-9H,1,10H2,2-3H3;3-4H,1-2H2/b11-9-;. The highest BCUT2D eigenvalue weighted by molar-refractivity contribution is 5.30. The summed E-state index contributed by atoms with van der Waals surface area (Å²) in [6.45, 7) is 12.4. The number of hydrogen-bond acceptors (Lipinski definition) is 1. The van der Waals surface area contributed by atoms with Crippen molar-refractivity contribution in [2.45, 2.75) is 19.6 Å². The summed E-state index contributed by atoms with van der Waals surface area (Å²) in [6, 6.07) is 5.61. The lowest BCUT2D eigenvalue weighted by Crippen LogP contribution is -2.16. The van der Waals surface area contributed by atoms with Gasteiger partial charge in [0.25, 0.3) is 0 Å². The average Bonchev–Trinajstić information content (AvgIpc) is 2.46. The number of rotatable bonds is 5. The van der Waals surface area contributed by atoms with E-state index in [2.05, 4.69) is 19.7 Å². The quantitative estimate of drug-likeness (QED) is 0.641. The van der Waals surface area contributed by atoms with Crippen molar-refractivity contribution in [2.75, 3.05) is 7.05 Å². The Morgan fingerprint density at radius 3 is 2.14 bits per heavy atom. The maximum Gasteiger partial charge on any atom is 0.416 e. The van der Waals surface area contributed by atoms with E-state index >= 15 is 0 Å². The Labute approximate surface area is 130 Å². The van der Waals surface area contributed by atoms with Gasteiger partial charge in [0.1, 0.15) is 0 Å². The Morgan fingerprint density at radius 2 is 1.68 bits per heavy atom. The van der Waals surface area contributed by atoms with E-state index in [4.69, 9.17) is 0 Å². The zero-order valence-corrected chi connectivity index (χ0v) is 13.0. The summed E-state index contributed by atoms with van der Waals surface area (Å²) in [4.78, 5) is 1.71. The van der Waals surface area contributed by atoms with Gasteiger partial charge < -0.3 is 4.90 Å². The third-order valence-electron chi connectivity index (χ3n) is 2.66. The predicted octanol–water partition coefficient (Wildman–Crippen LogP) is 5.59. The van der Waals surface area contributed by atoms with Gasteiger partial charge >= 0.3 is 6.18 Å². The molecule has 0 unspecified atom stereocenters. The van der Waals surface area contributed by atoms with Crippen molar-refractivity contribution in [1.29, 1.82) is 0 Å². The molecule has 0 atom stereocenters. The fourth-order valence-corrected chi connectivity index (χ4v) is 1.65. The highest BCUT2D eigenvalue weighted by Crippen LogP contribution is 2.32. The number of alkyl halides is 3. The van der Waals surface area contributed by atoms with Gasteiger partial charge in [-0.3, -0.25) is 0 Å². The predicted molar refractivity (Wildman–Crippen MR) is 87.3 cm³/mol. The minimum Gasteiger partial charge on any atom is -0.376 e. The molecule has 0 aromatic heterocycles. The molecule has 1 nitrogen and oxygen atoms in total. The van der Waals surface area contributed by atoms with Gasteiger partial charge in [0.15, 0.2) is 0 Å². The van der Waals surface area contributed by atoms with Crippen molar-refractivity contribution in [1.82, 2.24) is 4.90 Å². The highest BCUT2D eigenvalue weighted by Gasteiger charge is 2.32. The summed E-state index contributed by atoms with van der Waals surface area (Å²) in [5.74, 6) is 0. The molecule has 0 amide bonds. The molecule has 0 radical (unpaired) electrons. The lowest BCUT2D eigenvalue weighted by Gasteiger charge is -2.18. The molecule has 0 N–H and O–H groups in total. The van der Waals surface area contributed by atoms with Crippen LogP contribution >= 0.6 is 0 Å². The Morgan fingerprint density at radius 1 is 1.14 bits per heavy atom. The van der Waals surface area contributed by atoms with Crippen LogP contribution in [0.3, 0.4) is 0 Å². The molecule has 22 heavy (non-hydrogen) atoms. The molecule has 0 aliphatic heterocycles. The van der Waals surface area contributed by atoms with Gasteiger partial charge in [0.2, 0.25) is 0 Å². The highest BCUT2D eigenvalue weighted by atomic mass is 19.4. The summed E-state index contributed by atoms with van der Waals surface area (Å²) in [5.41, 5.74) is 0.587. The van der Waals surface area contributed by atoms with Gasteiger partial charge in [-0.2, -0.15) is 13.2 Å². The Balaban J connectivity index is 0.000000980. The number of benzene rings is 1. The van der Waals surface area contributed by atoms with Crippen molar-refractivity contribution in [2.24, 2.45) is 0 Å². The molecule has 0 saturated heterocycles. The zero-order chi connectivity index (χ0) is 17.2. The normalized spacial score (nSPS) is 11.0. The second-order valence-corrected chi connectivity index (χ2v) is 4.62. The Kier molecular flexibility index (Phi) is 8.68. The van der Waals surface area contributed by atoms with Crippen LogP contribution in [0.5, 0.6) is 0 Å². The molecule has 0 heterocycles.